The molecule has 6 nitrogen and oxygen atoms in total. The number of ether oxygens (including phenoxy) is 1. The molecule has 0 atom stereocenters. The van der Waals surface area contributed by atoms with Gasteiger partial charge in [0.25, 0.3) is 0 Å². The lowest BCUT2D eigenvalue weighted by molar-refractivity contribution is -0.135. The summed E-state index contributed by atoms with van der Waals surface area (Å²) in [6.07, 6.45) is 0. The maximum Gasteiger partial charge on any atom is 0.248 e. The second kappa shape index (κ2) is 7.05. The van der Waals surface area contributed by atoms with Gasteiger partial charge in [0, 0.05) is 38.9 Å². The van der Waals surface area contributed by atoms with Crippen molar-refractivity contribution in [3.8, 4) is 6.07 Å². The number of Topliss-reactive ketones (excluding diaryl/α,β-unsaturated/α-hetero) is 1. The highest BCUT2D eigenvalue weighted by molar-refractivity contribution is 5.95. The molecule has 0 aliphatic carbocycles. The number of nitrogens with zero attached hydrogens (tertiary/aromatic N) is 3. The monoisotopic (exact) mass is 301 g/mol. The highest BCUT2D eigenvalue weighted by Gasteiger charge is 2.23. The molecule has 1 fully saturated rings. The van der Waals surface area contributed by atoms with E-state index >= 15 is 0 Å². The van der Waals surface area contributed by atoms with Gasteiger partial charge in [-0.2, -0.15) is 5.26 Å². The summed E-state index contributed by atoms with van der Waals surface area (Å²) in [5.41, 5.74) is 1.89. The van der Waals surface area contributed by atoms with Crippen molar-refractivity contribution in [2.24, 2.45) is 0 Å². The van der Waals surface area contributed by atoms with Gasteiger partial charge in [-0.1, -0.05) is 0 Å². The SMILES string of the molecule is COCC(=O)N1CCN(c2cc(C(C)=O)ccc2C#N)CC1. The van der Waals surface area contributed by atoms with E-state index in [1.54, 1.807) is 23.1 Å². The van der Waals surface area contributed by atoms with Gasteiger partial charge in [0.05, 0.1) is 11.3 Å². The zero-order valence-corrected chi connectivity index (χ0v) is 12.8. The third-order valence-electron chi connectivity index (χ3n) is 3.77. The van der Waals surface area contributed by atoms with Crippen molar-refractivity contribution in [1.29, 1.82) is 5.26 Å². The molecular formula is C16H19N3O3. The van der Waals surface area contributed by atoms with Crippen molar-refractivity contribution in [2.75, 3.05) is 44.8 Å². The molecule has 2 rings (SSSR count). The normalized spacial score (nSPS) is 14.6. The van der Waals surface area contributed by atoms with Crippen molar-refractivity contribution in [3.63, 3.8) is 0 Å². The lowest BCUT2D eigenvalue weighted by Crippen LogP contribution is -2.50. The van der Waals surface area contributed by atoms with Crippen molar-refractivity contribution in [1.82, 2.24) is 4.90 Å². The second-order valence-corrected chi connectivity index (χ2v) is 5.20. The van der Waals surface area contributed by atoms with Gasteiger partial charge in [0.1, 0.15) is 12.7 Å². The van der Waals surface area contributed by atoms with Crippen molar-refractivity contribution >= 4 is 17.4 Å². The smallest absolute Gasteiger partial charge is 0.248 e. The quantitative estimate of drug-likeness (QED) is 0.777. The summed E-state index contributed by atoms with van der Waals surface area (Å²) in [7, 11) is 1.50. The molecule has 1 saturated heterocycles. The Bertz CT molecular complexity index is 614. The fourth-order valence-corrected chi connectivity index (χ4v) is 2.52. The van der Waals surface area contributed by atoms with E-state index in [4.69, 9.17) is 4.74 Å². The average Bonchev–Trinajstić information content (AvgIpc) is 2.54. The van der Waals surface area contributed by atoms with E-state index in [0.29, 0.717) is 37.3 Å². The predicted octanol–water partition coefficient (Wildman–Crippen LogP) is 1.06. The first-order valence-electron chi connectivity index (χ1n) is 7.13. The van der Waals surface area contributed by atoms with Gasteiger partial charge in [-0.15, -0.1) is 0 Å². The van der Waals surface area contributed by atoms with Crippen LogP contribution in [0.3, 0.4) is 0 Å². The Labute approximate surface area is 129 Å². The molecule has 1 heterocycles. The number of ketones is 1. The topological polar surface area (TPSA) is 73.6 Å². The van der Waals surface area contributed by atoms with Gasteiger partial charge in [-0.25, -0.2) is 0 Å². The van der Waals surface area contributed by atoms with Gasteiger partial charge in [0.2, 0.25) is 5.91 Å². The fraction of sp³-hybridized carbons (Fsp3) is 0.438. The molecular weight excluding hydrogens is 282 g/mol. The van der Waals surface area contributed by atoms with Crippen molar-refractivity contribution in [2.45, 2.75) is 6.92 Å². The van der Waals surface area contributed by atoms with Gasteiger partial charge in [-0.05, 0) is 25.1 Å². The van der Waals surface area contributed by atoms with Gasteiger partial charge in [-0.3, -0.25) is 9.59 Å². The molecule has 0 aromatic heterocycles. The molecule has 0 radical (unpaired) electrons. The molecule has 1 aliphatic heterocycles. The van der Waals surface area contributed by atoms with Crippen LogP contribution in [0.1, 0.15) is 22.8 Å². The molecule has 1 aromatic rings. The summed E-state index contributed by atoms with van der Waals surface area (Å²) in [5.74, 6) is -0.0557. The van der Waals surface area contributed by atoms with Gasteiger partial charge >= 0.3 is 0 Å². The Morgan fingerprint density at radius 2 is 1.95 bits per heavy atom. The minimum atomic E-state index is -0.0281. The first-order valence-corrected chi connectivity index (χ1v) is 7.13. The van der Waals surface area contributed by atoms with Crippen LogP contribution < -0.4 is 4.90 Å². The first-order chi connectivity index (χ1) is 10.6. The fourth-order valence-electron chi connectivity index (χ4n) is 2.52. The number of hydrogen-bond acceptors (Lipinski definition) is 5. The molecule has 1 aliphatic rings. The van der Waals surface area contributed by atoms with Crippen LogP contribution >= 0.6 is 0 Å². The van der Waals surface area contributed by atoms with Crippen LogP contribution in [0.15, 0.2) is 18.2 Å². The van der Waals surface area contributed by atoms with Crippen molar-refractivity contribution in [3.05, 3.63) is 29.3 Å². The molecule has 0 bridgehead atoms. The van der Waals surface area contributed by atoms with E-state index in [-0.39, 0.29) is 18.3 Å². The molecule has 0 spiro atoms. The van der Waals surface area contributed by atoms with E-state index in [0.717, 1.165) is 5.69 Å². The number of rotatable bonds is 4. The molecule has 1 aromatic carbocycles. The summed E-state index contributed by atoms with van der Waals surface area (Å²) in [5, 5.41) is 9.25. The van der Waals surface area contributed by atoms with Crippen LogP contribution in [-0.4, -0.2) is 56.5 Å². The molecule has 22 heavy (non-hydrogen) atoms. The predicted molar refractivity (Wildman–Crippen MR) is 81.8 cm³/mol. The molecule has 1 amide bonds. The Balaban J connectivity index is 2.14. The Kier molecular flexibility index (Phi) is 5.12. The van der Waals surface area contributed by atoms with E-state index in [9.17, 15) is 14.9 Å². The number of hydrogen-bond donors (Lipinski definition) is 0. The zero-order chi connectivity index (χ0) is 16.1. The minimum Gasteiger partial charge on any atom is -0.375 e. The van der Waals surface area contributed by atoms with E-state index in [2.05, 4.69) is 6.07 Å². The number of benzene rings is 1. The standard InChI is InChI=1S/C16H19N3O3/c1-12(20)13-3-4-14(10-17)15(9-13)18-5-7-19(8-6-18)16(21)11-22-2/h3-4,9H,5-8,11H2,1-2H3. The molecule has 0 unspecified atom stereocenters. The van der Waals surface area contributed by atoms with Crippen LogP contribution in [0.25, 0.3) is 0 Å². The highest BCUT2D eigenvalue weighted by Crippen LogP contribution is 2.23. The Hall–Kier alpha value is -2.39. The zero-order valence-electron chi connectivity index (χ0n) is 12.8. The molecule has 0 saturated carbocycles. The number of carbonyl (C=O) groups is 2. The lowest BCUT2D eigenvalue weighted by atomic mass is 10.1. The summed E-state index contributed by atoms with van der Waals surface area (Å²) in [6.45, 7) is 4.02. The van der Waals surface area contributed by atoms with E-state index < -0.39 is 0 Å². The number of amides is 1. The van der Waals surface area contributed by atoms with Crippen LogP contribution in [0.2, 0.25) is 0 Å². The van der Waals surface area contributed by atoms with Crippen LogP contribution in [0.4, 0.5) is 5.69 Å². The van der Waals surface area contributed by atoms with Crippen molar-refractivity contribution < 1.29 is 14.3 Å². The molecule has 116 valence electrons. The summed E-state index contributed by atoms with van der Waals surface area (Å²) >= 11 is 0. The molecule has 0 N–H and O–H groups in total. The van der Waals surface area contributed by atoms with Gasteiger partial charge < -0.3 is 14.5 Å². The highest BCUT2D eigenvalue weighted by atomic mass is 16.5. The summed E-state index contributed by atoms with van der Waals surface area (Å²) in [4.78, 5) is 27.1. The Morgan fingerprint density at radius 1 is 1.27 bits per heavy atom. The second-order valence-electron chi connectivity index (χ2n) is 5.20. The third kappa shape index (κ3) is 3.43. The number of nitriles is 1. The third-order valence-corrected chi connectivity index (χ3v) is 3.77. The maximum absolute atomic E-state index is 11.8. The lowest BCUT2D eigenvalue weighted by Gasteiger charge is -2.36. The number of piperazine rings is 1. The largest absolute Gasteiger partial charge is 0.375 e. The van der Waals surface area contributed by atoms with Gasteiger partial charge in [0.15, 0.2) is 5.78 Å². The van der Waals surface area contributed by atoms with E-state index in [1.165, 1.54) is 14.0 Å². The first kappa shape index (κ1) is 16.0. The Morgan fingerprint density at radius 3 is 2.50 bits per heavy atom. The number of carbonyl (C=O) groups excluding carboxylic acids is 2. The van der Waals surface area contributed by atoms with Crippen LogP contribution in [0.5, 0.6) is 0 Å². The summed E-state index contributed by atoms with van der Waals surface area (Å²) < 4.78 is 4.86. The van der Waals surface area contributed by atoms with Crippen LogP contribution in [-0.2, 0) is 9.53 Å². The summed E-state index contributed by atoms with van der Waals surface area (Å²) in [6, 6.07) is 7.26. The average molecular weight is 301 g/mol. The number of methoxy groups -OCH3 is 1. The van der Waals surface area contributed by atoms with E-state index in [1.807, 2.05) is 4.90 Å². The maximum atomic E-state index is 11.8. The minimum absolute atomic E-state index is 0.0276. The number of anilines is 1. The molecule has 6 heteroatoms. The van der Waals surface area contributed by atoms with Crippen LogP contribution in [0, 0.1) is 11.3 Å².